The number of thiophene rings is 1. The maximum absolute atomic E-state index is 13.2. The fraction of sp³-hybridized carbons (Fsp3) is 0.278. The molecule has 0 aliphatic heterocycles. The Balaban J connectivity index is 1.97. The summed E-state index contributed by atoms with van der Waals surface area (Å²) in [4.78, 5) is 21.6. The number of hydrogen-bond acceptors (Lipinski definition) is 6. The Morgan fingerprint density at radius 2 is 1.92 bits per heavy atom. The molecule has 0 N–H and O–H groups in total. The predicted octanol–water partition coefficient (Wildman–Crippen LogP) is 4.93. The zero-order valence-electron chi connectivity index (χ0n) is 14.0. The monoisotopic (exact) mass is 376 g/mol. The quantitative estimate of drug-likeness (QED) is 0.359. The fourth-order valence-corrected chi connectivity index (χ4v) is 4.22. The van der Waals surface area contributed by atoms with E-state index in [4.69, 9.17) is 4.74 Å². The highest BCUT2D eigenvalue weighted by atomic mass is 32.2. The number of fused-ring (bicyclic) bond motifs is 1. The van der Waals surface area contributed by atoms with Gasteiger partial charge in [-0.2, -0.15) is 0 Å². The standard InChI is InChI=1S/C18H17FN2O2S2/c1-10(2)23-18(22)11(3)25-17-15-14(8-24-16(15)20-9-21-17)12-4-6-13(19)7-5-12/h4-11H,1-3H3. The van der Waals surface area contributed by atoms with E-state index in [-0.39, 0.29) is 23.1 Å². The molecule has 3 rings (SSSR count). The average Bonchev–Trinajstić information content (AvgIpc) is 3.00. The van der Waals surface area contributed by atoms with Gasteiger partial charge in [0.2, 0.25) is 0 Å². The molecule has 1 unspecified atom stereocenters. The first-order valence-electron chi connectivity index (χ1n) is 7.81. The van der Waals surface area contributed by atoms with Gasteiger partial charge in [0.1, 0.15) is 27.3 Å². The second kappa shape index (κ2) is 7.49. The van der Waals surface area contributed by atoms with E-state index in [1.54, 1.807) is 19.1 Å². The Labute approximate surface area is 153 Å². The lowest BCUT2D eigenvalue weighted by Gasteiger charge is -2.13. The Morgan fingerprint density at radius 1 is 1.20 bits per heavy atom. The zero-order chi connectivity index (χ0) is 18.0. The lowest BCUT2D eigenvalue weighted by atomic mass is 10.1. The minimum atomic E-state index is -0.388. The molecule has 0 saturated heterocycles. The van der Waals surface area contributed by atoms with Crippen molar-refractivity contribution in [3.8, 4) is 11.1 Å². The van der Waals surface area contributed by atoms with E-state index in [9.17, 15) is 9.18 Å². The van der Waals surface area contributed by atoms with Crippen LogP contribution in [0.2, 0.25) is 0 Å². The van der Waals surface area contributed by atoms with Crippen LogP contribution in [-0.4, -0.2) is 27.3 Å². The highest BCUT2D eigenvalue weighted by Crippen LogP contribution is 2.39. The van der Waals surface area contributed by atoms with E-state index in [2.05, 4.69) is 9.97 Å². The SMILES string of the molecule is CC(C)OC(=O)C(C)Sc1ncnc2scc(-c3ccc(F)cc3)c12. The summed E-state index contributed by atoms with van der Waals surface area (Å²) >= 11 is 2.85. The lowest BCUT2D eigenvalue weighted by molar-refractivity contribution is -0.146. The topological polar surface area (TPSA) is 52.1 Å². The molecule has 0 saturated carbocycles. The third kappa shape index (κ3) is 3.99. The first-order valence-corrected chi connectivity index (χ1v) is 9.57. The number of thioether (sulfide) groups is 1. The van der Waals surface area contributed by atoms with E-state index in [0.717, 1.165) is 26.4 Å². The van der Waals surface area contributed by atoms with Crippen molar-refractivity contribution in [3.63, 3.8) is 0 Å². The summed E-state index contributed by atoms with van der Waals surface area (Å²) in [5.74, 6) is -0.551. The number of benzene rings is 1. The van der Waals surface area contributed by atoms with Gasteiger partial charge in [-0.05, 0) is 38.5 Å². The van der Waals surface area contributed by atoms with Crippen LogP contribution >= 0.6 is 23.1 Å². The smallest absolute Gasteiger partial charge is 0.319 e. The molecule has 1 atom stereocenters. The predicted molar refractivity (Wildman–Crippen MR) is 99.4 cm³/mol. The van der Waals surface area contributed by atoms with E-state index < -0.39 is 0 Å². The number of hydrogen-bond donors (Lipinski definition) is 0. The maximum Gasteiger partial charge on any atom is 0.319 e. The molecule has 3 aromatic rings. The summed E-state index contributed by atoms with van der Waals surface area (Å²) in [6.45, 7) is 5.45. The van der Waals surface area contributed by atoms with E-state index in [1.165, 1.54) is 41.6 Å². The summed E-state index contributed by atoms with van der Waals surface area (Å²) in [7, 11) is 0. The molecular formula is C18H17FN2O2S2. The Kier molecular flexibility index (Phi) is 5.34. The van der Waals surface area contributed by atoms with Crippen molar-refractivity contribution in [2.45, 2.75) is 37.2 Å². The molecule has 25 heavy (non-hydrogen) atoms. The number of ether oxygens (including phenoxy) is 1. The summed E-state index contributed by atoms with van der Waals surface area (Å²) in [6.07, 6.45) is 1.34. The second-order valence-electron chi connectivity index (χ2n) is 5.76. The number of halogens is 1. The zero-order valence-corrected chi connectivity index (χ0v) is 15.7. The minimum absolute atomic E-state index is 0.156. The number of aromatic nitrogens is 2. The molecule has 1 aromatic carbocycles. The van der Waals surface area contributed by atoms with Crippen LogP contribution < -0.4 is 0 Å². The Hall–Kier alpha value is -1.99. The average molecular weight is 376 g/mol. The Morgan fingerprint density at radius 3 is 2.60 bits per heavy atom. The van der Waals surface area contributed by atoms with Crippen LogP contribution in [0.15, 0.2) is 41.0 Å². The molecule has 0 bridgehead atoms. The van der Waals surface area contributed by atoms with Crippen LogP contribution in [0, 0.1) is 5.82 Å². The van der Waals surface area contributed by atoms with Crippen molar-refractivity contribution in [1.29, 1.82) is 0 Å². The molecule has 0 radical (unpaired) electrons. The van der Waals surface area contributed by atoms with Gasteiger partial charge in [-0.1, -0.05) is 23.9 Å². The van der Waals surface area contributed by atoms with Gasteiger partial charge < -0.3 is 4.74 Å². The summed E-state index contributed by atoms with van der Waals surface area (Å²) in [6, 6.07) is 6.32. The van der Waals surface area contributed by atoms with Gasteiger partial charge in [0.25, 0.3) is 0 Å². The molecule has 7 heteroatoms. The van der Waals surface area contributed by atoms with E-state index in [0.29, 0.717) is 0 Å². The summed E-state index contributed by atoms with van der Waals surface area (Å²) in [5.41, 5.74) is 1.83. The van der Waals surface area contributed by atoms with Crippen LogP contribution in [0.4, 0.5) is 4.39 Å². The molecule has 4 nitrogen and oxygen atoms in total. The highest BCUT2D eigenvalue weighted by molar-refractivity contribution is 8.00. The Bertz CT molecular complexity index is 894. The molecule has 0 spiro atoms. The first-order chi connectivity index (χ1) is 12.0. The van der Waals surface area contributed by atoms with Gasteiger partial charge in [0.05, 0.1) is 11.5 Å². The molecular weight excluding hydrogens is 359 g/mol. The first kappa shape index (κ1) is 17.8. The van der Waals surface area contributed by atoms with Gasteiger partial charge in [0, 0.05) is 10.9 Å². The third-order valence-corrected chi connectivity index (χ3v) is 5.43. The normalized spacial score (nSPS) is 12.5. The van der Waals surface area contributed by atoms with Gasteiger partial charge in [-0.3, -0.25) is 4.79 Å². The van der Waals surface area contributed by atoms with Gasteiger partial charge in [-0.15, -0.1) is 11.3 Å². The highest BCUT2D eigenvalue weighted by Gasteiger charge is 2.21. The van der Waals surface area contributed by atoms with E-state index in [1.807, 2.05) is 19.2 Å². The van der Waals surface area contributed by atoms with Gasteiger partial charge in [0.15, 0.2) is 0 Å². The van der Waals surface area contributed by atoms with Crippen molar-refractivity contribution in [2.24, 2.45) is 0 Å². The largest absolute Gasteiger partial charge is 0.462 e. The van der Waals surface area contributed by atoms with Crippen LogP contribution in [0.3, 0.4) is 0 Å². The van der Waals surface area contributed by atoms with Crippen molar-refractivity contribution in [1.82, 2.24) is 9.97 Å². The van der Waals surface area contributed by atoms with Crippen LogP contribution in [-0.2, 0) is 9.53 Å². The molecule has 0 amide bonds. The van der Waals surface area contributed by atoms with Crippen LogP contribution in [0.1, 0.15) is 20.8 Å². The number of nitrogens with zero attached hydrogens (tertiary/aromatic N) is 2. The van der Waals surface area contributed by atoms with Crippen molar-refractivity contribution < 1.29 is 13.9 Å². The lowest BCUT2D eigenvalue weighted by Crippen LogP contribution is -2.20. The minimum Gasteiger partial charge on any atom is -0.462 e. The number of carbonyl (C=O) groups excluding carboxylic acids is 1. The number of rotatable bonds is 5. The fourth-order valence-electron chi connectivity index (χ4n) is 2.32. The van der Waals surface area contributed by atoms with Crippen LogP contribution in [0.5, 0.6) is 0 Å². The third-order valence-electron chi connectivity index (χ3n) is 3.46. The molecule has 130 valence electrons. The molecule has 0 fully saturated rings. The van der Waals surface area contributed by atoms with Crippen molar-refractivity contribution >= 4 is 39.3 Å². The van der Waals surface area contributed by atoms with Gasteiger partial charge >= 0.3 is 5.97 Å². The maximum atomic E-state index is 13.2. The van der Waals surface area contributed by atoms with Crippen molar-refractivity contribution in [3.05, 3.63) is 41.8 Å². The number of carbonyl (C=O) groups is 1. The molecule has 2 heterocycles. The summed E-state index contributed by atoms with van der Waals surface area (Å²) in [5, 5.41) is 3.20. The van der Waals surface area contributed by atoms with Crippen LogP contribution in [0.25, 0.3) is 21.3 Å². The molecule has 2 aromatic heterocycles. The molecule has 0 aliphatic rings. The summed E-state index contributed by atoms with van der Waals surface area (Å²) < 4.78 is 18.5. The van der Waals surface area contributed by atoms with Crippen molar-refractivity contribution in [2.75, 3.05) is 0 Å². The second-order valence-corrected chi connectivity index (χ2v) is 7.95. The van der Waals surface area contributed by atoms with Gasteiger partial charge in [-0.25, -0.2) is 14.4 Å². The number of esters is 1. The molecule has 0 aliphatic carbocycles. The van der Waals surface area contributed by atoms with E-state index >= 15 is 0 Å².